The molecule has 25 heavy (non-hydrogen) atoms. The number of hydrogen-bond donors (Lipinski definition) is 2. The summed E-state index contributed by atoms with van der Waals surface area (Å²) in [5, 5.41) is 6.48. The van der Waals surface area contributed by atoms with E-state index in [0.29, 0.717) is 18.2 Å². The van der Waals surface area contributed by atoms with E-state index in [1.165, 1.54) is 6.07 Å². The van der Waals surface area contributed by atoms with Crippen LogP contribution in [-0.2, 0) is 6.54 Å². The number of aliphatic imine (C=N–C) groups is 1. The molecule has 0 amide bonds. The highest BCUT2D eigenvalue weighted by Crippen LogP contribution is 2.17. The van der Waals surface area contributed by atoms with E-state index < -0.39 is 0 Å². The van der Waals surface area contributed by atoms with Crippen LogP contribution in [0.15, 0.2) is 35.6 Å². The predicted molar refractivity (Wildman–Crippen MR) is 111 cm³/mol. The van der Waals surface area contributed by atoms with Crippen LogP contribution in [0.4, 0.5) is 4.39 Å². The summed E-state index contributed by atoms with van der Waals surface area (Å²) in [7, 11) is 0. The zero-order chi connectivity index (χ0) is 17.5. The van der Waals surface area contributed by atoms with Crippen molar-refractivity contribution in [2.24, 2.45) is 10.9 Å². The zero-order valence-corrected chi connectivity index (χ0v) is 17.5. The van der Waals surface area contributed by atoms with E-state index in [0.717, 1.165) is 30.4 Å². The molecule has 2 aromatic rings. The molecule has 1 aromatic heterocycles. The quantitative estimate of drug-likeness (QED) is 0.394. The fraction of sp³-hybridized carbons (Fsp3) is 0.444. The van der Waals surface area contributed by atoms with Crippen LogP contribution < -0.4 is 10.6 Å². The van der Waals surface area contributed by atoms with Gasteiger partial charge in [0.1, 0.15) is 11.6 Å². The van der Waals surface area contributed by atoms with Crippen LogP contribution in [0, 0.1) is 18.7 Å². The molecule has 7 heteroatoms. The smallest absolute Gasteiger partial charge is 0.191 e. The SMILES string of the molecule is CCNC(=NCc1ccc(-n2ccnc2C)c(F)c1)NCC(C)C.I. The molecule has 0 saturated heterocycles. The lowest BCUT2D eigenvalue weighted by molar-refractivity contribution is 0.612. The molecule has 0 radical (unpaired) electrons. The Balaban J connectivity index is 0.00000312. The van der Waals surface area contributed by atoms with E-state index in [4.69, 9.17) is 0 Å². The summed E-state index contributed by atoms with van der Waals surface area (Å²) in [6, 6.07) is 5.20. The fourth-order valence-corrected chi connectivity index (χ4v) is 2.29. The summed E-state index contributed by atoms with van der Waals surface area (Å²) < 4.78 is 16.1. The van der Waals surface area contributed by atoms with Crippen molar-refractivity contribution in [1.82, 2.24) is 20.2 Å². The Morgan fingerprint density at radius 3 is 2.64 bits per heavy atom. The van der Waals surface area contributed by atoms with Crippen molar-refractivity contribution in [2.45, 2.75) is 34.2 Å². The molecular formula is C18H27FIN5. The molecule has 0 aliphatic carbocycles. The first-order valence-corrected chi connectivity index (χ1v) is 8.32. The van der Waals surface area contributed by atoms with Crippen molar-refractivity contribution in [3.63, 3.8) is 0 Å². The minimum atomic E-state index is -0.274. The van der Waals surface area contributed by atoms with Gasteiger partial charge in [0.25, 0.3) is 0 Å². The number of imidazole rings is 1. The van der Waals surface area contributed by atoms with E-state index in [1.807, 2.05) is 19.9 Å². The Morgan fingerprint density at radius 1 is 1.32 bits per heavy atom. The van der Waals surface area contributed by atoms with Gasteiger partial charge in [-0.15, -0.1) is 24.0 Å². The molecule has 5 nitrogen and oxygen atoms in total. The first-order chi connectivity index (χ1) is 11.5. The summed E-state index contributed by atoms with van der Waals surface area (Å²) in [5.41, 5.74) is 1.33. The van der Waals surface area contributed by atoms with E-state index in [1.54, 1.807) is 23.0 Å². The molecule has 0 unspecified atom stereocenters. The van der Waals surface area contributed by atoms with Crippen LogP contribution in [-0.4, -0.2) is 28.6 Å². The van der Waals surface area contributed by atoms with Gasteiger partial charge in [0, 0.05) is 25.5 Å². The molecule has 0 saturated carbocycles. The van der Waals surface area contributed by atoms with Gasteiger partial charge in [0.15, 0.2) is 5.96 Å². The van der Waals surface area contributed by atoms with Crippen molar-refractivity contribution in [3.8, 4) is 5.69 Å². The Hall–Kier alpha value is -1.64. The van der Waals surface area contributed by atoms with Gasteiger partial charge in [-0.1, -0.05) is 19.9 Å². The molecule has 138 valence electrons. The number of hydrogen-bond acceptors (Lipinski definition) is 2. The average molecular weight is 459 g/mol. The third-order valence-electron chi connectivity index (χ3n) is 3.54. The van der Waals surface area contributed by atoms with Crippen LogP contribution in [0.2, 0.25) is 0 Å². The maximum absolute atomic E-state index is 14.4. The number of benzene rings is 1. The molecule has 2 rings (SSSR count). The first-order valence-electron chi connectivity index (χ1n) is 8.32. The van der Waals surface area contributed by atoms with Crippen LogP contribution in [0.1, 0.15) is 32.2 Å². The number of nitrogens with one attached hydrogen (secondary N) is 2. The van der Waals surface area contributed by atoms with Crippen molar-refractivity contribution >= 4 is 29.9 Å². The Bertz CT molecular complexity index is 697. The topological polar surface area (TPSA) is 54.2 Å². The van der Waals surface area contributed by atoms with Gasteiger partial charge in [0.05, 0.1) is 12.2 Å². The maximum atomic E-state index is 14.4. The minimum Gasteiger partial charge on any atom is -0.357 e. The molecule has 1 heterocycles. The summed E-state index contributed by atoms with van der Waals surface area (Å²) in [6.45, 7) is 10.2. The van der Waals surface area contributed by atoms with Gasteiger partial charge in [-0.05, 0) is 37.5 Å². The van der Waals surface area contributed by atoms with Gasteiger partial charge >= 0.3 is 0 Å². The molecule has 0 atom stereocenters. The van der Waals surface area contributed by atoms with Gasteiger partial charge in [0.2, 0.25) is 0 Å². The van der Waals surface area contributed by atoms with Crippen molar-refractivity contribution in [3.05, 3.63) is 47.8 Å². The van der Waals surface area contributed by atoms with Crippen LogP contribution >= 0.6 is 24.0 Å². The molecule has 1 aromatic carbocycles. The van der Waals surface area contributed by atoms with E-state index >= 15 is 0 Å². The second kappa shape index (κ2) is 10.4. The van der Waals surface area contributed by atoms with Gasteiger partial charge in [-0.2, -0.15) is 0 Å². The summed E-state index contributed by atoms with van der Waals surface area (Å²) in [6.07, 6.45) is 3.42. The highest BCUT2D eigenvalue weighted by Gasteiger charge is 2.08. The molecule has 0 bridgehead atoms. The van der Waals surface area contributed by atoms with Crippen molar-refractivity contribution in [2.75, 3.05) is 13.1 Å². The fourth-order valence-electron chi connectivity index (χ4n) is 2.29. The number of halogens is 2. The second-order valence-electron chi connectivity index (χ2n) is 6.10. The molecule has 0 spiro atoms. The second-order valence-corrected chi connectivity index (χ2v) is 6.10. The average Bonchev–Trinajstić information content (AvgIpc) is 2.96. The van der Waals surface area contributed by atoms with Crippen molar-refractivity contribution in [1.29, 1.82) is 0 Å². The van der Waals surface area contributed by atoms with Crippen LogP contribution in [0.25, 0.3) is 5.69 Å². The van der Waals surface area contributed by atoms with Gasteiger partial charge < -0.3 is 15.2 Å². The number of aryl methyl sites for hydroxylation is 1. The summed E-state index contributed by atoms with van der Waals surface area (Å²) in [4.78, 5) is 8.64. The number of rotatable bonds is 6. The minimum absolute atomic E-state index is 0. The summed E-state index contributed by atoms with van der Waals surface area (Å²) >= 11 is 0. The third-order valence-corrected chi connectivity index (χ3v) is 3.54. The van der Waals surface area contributed by atoms with Crippen LogP contribution in [0.3, 0.4) is 0 Å². The largest absolute Gasteiger partial charge is 0.357 e. The lowest BCUT2D eigenvalue weighted by Crippen LogP contribution is -2.39. The molecule has 0 aliphatic rings. The molecule has 0 aliphatic heterocycles. The normalized spacial score (nSPS) is 11.4. The predicted octanol–water partition coefficient (Wildman–Crippen LogP) is 3.65. The summed E-state index contributed by atoms with van der Waals surface area (Å²) in [5.74, 6) is 1.76. The number of guanidine groups is 1. The highest BCUT2D eigenvalue weighted by molar-refractivity contribution is 14.0. The molecule has 0 fully saturated rings. The number of aromatic nitrogens is 2. The lowest BCUT2D eigenvalue weighted by atomic mass is 10.2. The maximum Gasteiger partial charge on any atom is 0.191 e. The van der Waals surface area contributed by atoms with Gasteiger partial charge in [-0.25, -0.2) is 14.4 Å². The third kappa shape index (κ3) is 6.30. The van der Waals surface area contributed by atoms with Crippen LogP contribution in [0.5, 0.6) is 0 Å². The van der Waals surface area contributed by atoms with Gasteiger partial charge in [-0.3, -0.25) is 0 Å². The highest BCUT2D eigenvalue weighted by atomic mass is 127. The first kappa shape index (κ1) is 21.4. The lowest BCUT2D eigenvalue weighted by Gasteiger charge is -2.13. The molecule has 2 N–H and O–H groups in total. The van der Waals surface area contributed by atoms with E-state index in [2.05, 4.69) is 34.5 Å². The standard InChI is InChI=1S/C18H26FN5.HI/c1-5-20-18(22-11-13(2)3)23-12-15-6-7-17(16(19)10-15)24-9-8-21-14(24)4;/h6-10,13H,5,11-12H2,1-4H3,(H2,20,22,23);1H. The van der Waals surface area contributed by atoms with E-state index in [-0.39, 0.29) is 29.8 Å². The van der Waals surface area contributed by atoms with Crippen molar-refractivity contribution < 1.29 is 4.39 Å². The number of nitrogens with zero attached hydrogens (tertiary/aromatic N) is 3. The Morgan fingerprint density at radius 2 is 2.08 bits per heavy atom. The monoisotopic (exact) mass is 459 g/mol. The molecular weight excluding hydrogens is 432 g/mol. The zero-order valence-electron chi connectivity index (χ0n) is 15.2. The van der Waals surface area contributed by atoms with E-state index in [9.17, 15) is 4.39 Å². The Kier molecular flexibility index (Phi) is 8.88. The Labute approximate surface area is 166 Å².